The molecule has 0 unspecified atom stereocenters. The van der Waals surface area contributed by atoms with E-state index in [1.54, 1.807) is 0 Å². The van der Waals surface area contributed by atoms with Crippen LogP contribution in [-0.4, -0.2) is 36.9 Å². The van der Waals surface area contributed by atoms with Crippen molar-refractivity contribution in [3.63, 3.8) is 0 Å². The predicted octanol–water partition coefficient (Wildman–Crippen LogP) is -0.0829. The fourth-order valence-corrected chi connectivity index (χ4v) is 1.24. The molecule has 1 amide bonds. The molecule has 0 aromatic carbocycles. The average Bonchev–Trinajstić information content (AvgIpc) is 2.87. The van der Waals surface area contributed by atoms with Crippen molar-refractivity contribution in [2.45, 2.75) is 0 Å². The fourth-order valence-electron chi connectivity index (χ4n) is 0.830. The maximum atomic E-state index is 11.4. The molecule has 0 bridgehead atoms. The van der Waals surface area contributed by atoms with Crippen LogP contribution in [0.3, 0.4) is 0 Å². The second-order valence-corrected chi connectivity index (χ2v) is 2.97. The van der Waals surface area contributed by atoms with Gasteiger partial charge in [0.1, 0.15) is 0 Å². The molecule has 0 aliphatic rings. The number of carbonyl (C=O) groups is 1. The minimum atomic E-state index is -0.400. The first-order valence-corrected chi connectivity index (χ1v) is 4.58. The third-order valence-electron chi connectivity index (χ3n) is 1.47. The molecule has 2 N–H and O–H groups in total. The molecule has 2 aromatic heterocycles. The number of ether oxygens (including phenoxy) is 1. The fraction of sp³-hybridized carbons (Fsp3) is 0.167. The molecule has 0 saturated carbocycles. The Morgan fingerprint density at radius 2 is 2.53 bits per heavy atom. The van der Waals surface area contributed by atoms with E-state index in [1.165, 1.54) is 13.3 Å². The summed E-state index contributed by atoms with van der Waals surface area (Å²) >= 11 is 0.956. The number of nitrogens with zero attached hydrogens (tertiary/aromatic N) is 4. The van der Waals surface area contributed by atoms with Crippen LogP contribution in [0, 0.1) is 0 Å². The number of H-pyrrole nitrogens is 1. The van der Waals surface area contributed by atoms with Crippen molar-refractivity contribution in [2.75, 3.05) is 12.4 Å². The first kappa shape index (κ1) is 9.52. The smallest absolute Gasteiger partial charge is 0.336 e. The summed E-state index contributed by atoms with van der Waals surface area (Å²) in [5.41, 5.74) is 0.232. The number of hydrogen-bond donors (Lipinski definition) is 2. The van der Waals surface area contributed by atoms with Gasteiger partial charge < -0.3 is 4.74 Å². The van der Waals surface area contributed by atoms with Gasteiger partial charge in [0.25, 0.3) is 5.91 Å². The first-order chi connectivity index (χ1) is 7.29. The van der Waals surface area contributed by atoms with Gasteiger partial charge in [-0.1, -0.05) is 0 Å². The van der Waals surface area contributed by atoms with Gasteiger partial charge in [-0.05, 0) is 0 Å². The van der Waals surface area contributed by atoms with E-state index < -0.39 is 5.91 Å². The summed E-state index contributed by atoms with van der Waals surface area (Å²) in [5, 5.41) is 8.60. The number of methoxy groups -OCH3 is 1. The second kappa shape index (κ2) is 4.00. The average molecular weight is 226 g/mol. The summed E-state index contributed by atoms with van der Waals surface area (Å²) in [7, 11) is 1.43. The monoisotopic (exact) mass is 226 g/mol. The van der Waals surface area contributed by atoms with Gasteiger partial charge in [0.2, 0.25) is 5.95 Å². The van der Waals surface area contributed by atoms with Crippen LogP contribution in [0.4, 0.5) is 5.95 Å². The van der Waals surface area contributed by atoms with Crippen molar-refractivity contribution in [2.24, 2.45) is 0 Å². The quantitative estimate of drug-likeness (QED) is 0.758. The van der Waals surface area contributed by atoms with E-state index in [-0.39, 0.29) is 17.7 Å². The van der Waals surface area contributed by atoms with Gasteiger partial charge in [-0.15, -0.1) is 5.10 Å². The highest BCUT2D eigenvalue weighted by molar-refractivity contribution is 6.99. The number of carbonyl (C=O) groups excluding carboxylic acids is 1. The van der Waals surface area contributed by atoms with E-state index >= 15 is 0 Å². The minimum absolute atomic E-state index is 0.154. The summed E-state index contributed by atoms with van der Waals surface area (Å²) in [5.74, 6) is -0.201. The lowest BCUT2D eigenvalue weighted by Crippen LogP contribution is -2.13. The lowest BCUT2D eigenvalue weighted by atomic mass is 10.4. The van der Waals surface area contributed by atoms with Crippen molar-refractivity contribution in [1.29, 1.82) is 0 Å². The van der Waals surface area contributed by atoms with E-state index in [1.807, 2.05) is 0 Å². The maximum Gasteiger partial charge on any atom is 0.336 e. The van der Waals surface area contributed by atoms with E-state index in [9.17, 15) is 4.79 Å². The standard InChI is InChI=1S/C6H6N6O2S/c1-14-6-9-5(10-11-6)8-4(13)3-2-7-15-12-3/h2H,1H3,(H2,8,9,10,11,13). The Kier molecular flexibility index (Phi) is 2.54. The van der Waals surface area contributed by atoms with Gasteiger partial charge in [-0.25, -0.2) is 5.10 Å². The largest absolute Gasteiger partial charge is 0.466 e. The van der Waals surface area contributed by atoms with Crippen molar-refractivity contribution < 1.29 is 9.53 Å². The Labute approximate surface area is 88.0 Å². The molecule has 9 heteroatoms. The van der Waals surface area contributed by atoms with Crippen LogP contribution in [-0.2, 0) is 0 Å². The second-order valence-electron chi connectivity index (χ2n) is 2.42. The van der Waals surface area contributed by atoms with Crippen molar-refractivity contribution in [3.05, 3.63) is 11.9 Å². The normalized spacial score (nSPS) is 9.93. The number of anilines is 1. The lowest BCUT2D eigenvalue weighted by Gasteiger charge is -1.95. The van der Waals surface area contributed by atoms with Gasteiger partial charge in [0, 0.05) is 0 Å². The Balaban J connectivity index is 2.06. The molecule has 2 heterocycles. The Morgan fingerprint density at radius 1 is 1.67 bits per heavy atom. The summed E-state index contributed by atoms with van der Waals surface area (Å²) in [6.45, 7) is 0. The molecule has 0 spiro atoms. The number of rotatable bonds is 3. The van der Waals surface area contributed by atoms with Crippen LogP contribution in [0.25, 0.3) is 0 Å². The Bertz CT molecular complexity index is 452. The number of hydrogen-bond acceptors (Lipinski definition) is 7. The highest BCUT2D eigenvalue weighted by atomic mass is 32.1. The highest BCUT2D eigenvalue weighted by Crippen LogP contribution is 2.06. The minimum Gasteiger partial charge on any atom is -0.466 e. The molecule has 0 fully saturated rings. The zero-order valence-corrected chi connectivity index (χ0v) is 8.41. The van der Waals surface area contributed by atoms with Crippen LogP contribution in [0.5, 0.6) is 6.01 Å². The zero-order valence-electron chi connectivity index (χ0n) is 7.59. The van der Waals surface area contributed by atoms with Crippen LogP contribution in [0.15, 0.2) is 6.20 Å². The van der Waals surface area contributed by atoms with Crippen molar-refractivity contribution in [1.82, 2.24) is 23.9 Å². The van der Waals surface area contributed by atoms with Crippen LogP contribution < -0.4 is 10.1 Å². The predicted molar refractivity (Wildman–Crippen MR) is 50.8 cm³/mol. The number of amides is 1. The maximum absolute atomic E-state index is 11.4. The van der Waals surface area contributed by atoms with Crippen LogP contribution in [0.1, 0.15) is 10.5 Å². The van der Waals surface area contributed by atoms with Gasteiger partial charge in [0.15, 0.2) is 5.69 Å². The molecule has 78 valence electrons. The molecule has 0 aliphatic carbocycles. The molecule has 0 saturated heterocycles. The van der Waals surface area contributed by atoms with Crippen LogP contribution in [0.2, 0.25) is 0 Å². The molecule has 0 atom stereocenters. The van der Waals surface area contributed by atoms with Crippen molar-refractivity contribution >= 4 is 23.6 Å². The molecule has 0 radical (unpaired) electrons. The number of aromatic nitrogens is 5. The summed E-state index contributed by atoms with van der Waals surface area (Å²) in [6, 6.07) is 0.154. The highest BCUT2D eigenvalue weighted by Gasteiger charge is 2.11. The van der Waals surface area contributed by atoms with E-state index in [4.69, 9.17) is 4.74 Å². The molecular weight excluding hydrogens is 220 g/mol. The number of nitrogens with one attached hydrogen (secondary N) is 2. The molecule has 2 aromatic rings. The zero-order chi connectivity index (χ0) is 10.7. The summed E-state index contributed by atoms with van der Waals surface area (Å²) in [4.78, 5) is 15.3. The topological polar surface area (TPSA) is 106 Å². The van der Waals surface area contributed by atoms with Gasteiger partial charge in [-0.2, -0.15) is 13.7 Å². The molecule has 0 aliphatic heterocycles. The lowest BCUT2D eigenvalue weighted by molar-refractivity contribution is 0.102. The SMILES string of the molecule is COc1n[nH]c(NC(=O)c2cnsn2)n1. The van der Waals surface area contributed by atoms with Crippen molar-refractivity contribution in [3.8, 4) is 6.01 Å². The Hall–Kier alpha value is -2.03. The van der Waals surface area contributed by atoms with Gasteiger partial charge >= 0.3 is 6.01 Å². The first-order valence-electron chi connectivity index (χ1n) is 3.85. The molecular formula is C6H6N6O2S. The van der Waals surface area contributed by atoms with E-state index in [0.29, 0.717) is 0 Å². The summed E-state index contributed by atoms with van der Waals surface area (Å²) in [6.07, 6.45) is 1.37. The third-order valence-corrected chi connectivity index (χ3v) is 1.95. The van der Waals surface area contributed by atoms with Gasteiger partial charge in [0.05, 0.1) is 25.0 Å². The van der Waals surface area contributed by atoms with Crippen LogP contribution >= 0.6 is 11.7 Å². The summed E-state index contributed by atoms with van der Waals surface area (Å²) < 4.78 is 12.2. The Morgan fingerprint density at radius 3 is 3.13 bits per heavy atom. The van der Waals surface area contributed by atoms with Gasteiger partial charge in [-0.3, -0.25) is 10.1 Å². The van der Waals surface area contributed by atoms with E-state index in [0.717, 1.165) is 11.7 Å². The van der Waals surface area contributed by atoms with E-state index in [2.05, 4.69) is 29.2 Å². The molecule has 2 rings (SSSR count). The molecule has 8 nitrogen and oxygen atoms in total. The number of aromatic amines is 1. The third kappa shape index (κ3) is 2.07. The molecule has 15 heavy (non-hydrogen) atoms.